The Morgan fingerprint density at radius 2 is 0.963 bits per heavy atom. The number of rotatable bonds is 20. The van der Waals surface area contributed by atoms with E-state index >= 15 is 0 Å². The zero-order chi connectivity index (χ0) is 75.1. The number of imidazole rings is 2. The van der Waals surface area contributed by atoms with Gasteiger partial charge in [-0.05, 0) is 169 Å². The second kappa shape index (κ2) is 32.3. The molecule has 2 fully saturated rings. The first-order chi connectivity index (χ1) is 51.5. The van der Waals surface area contributed by atoms with E-state index in [2.05, 4.69) is 78.5 Å². The highest BCUT2D eigenvalue weighted by molar-refractivity contribution is 6.41. The standard InChI is InChI=1S/C81H90Cl4N14O8/c1-45(2)98-34-28-51-35-63(86-38-53(51)41-98)76(100)90-59-15-7-11-55(70(59)82)57-13-10-18-62(73(57)85)93-79(103)75-89-66-44-97(33-30-68(66)95(75)6)40-48-21-25-50(26-22-48)81(106)107-69-37-52-36-64(87-39-54(52)42-99(69)46(3)4)77(101)91-60-16-8-12-56(71(60)83)58-14-9-17-61(72(58)84)92-78(102)74-88-65-43-96(32-29-67(65)94(74)5)31-27-47-19-23-49(24-20-47)80(104)105/h7-18,35-36,38-39,45-50,69H,19-34,37,40-44H2,1-6H3,(H,90,100)(H,91,101)(H,92,102)(H,93,103)(H,104,105). The third-order valence-corrected chi connectivity index (χ3v) is 24.5. The van der Waals surface area contributed by atoms with Crippen LogP contribution < -0.4 is 21.3 Å². The van der Waals surface area contributed by atoms with Crippen molar-refractivity contribution in [1.82, 2.24) is 48.7 Å². The largest absolute Gasteiger partial charge is 0.481 e. The molecule has 0 bridgehead atoms. The molecule has 22 nitrogen and oxygen atoms in total. The fourth-order valence-corrected chi connectivity index (χ4v) is 17.6. The summed E-state index contributed by atoms with van der Waals surface area (Å²) in [7, 11) is 3.72. The van der Waals surface area contributed by atoms with Crippen molar-refractivity contribution >= 4 is 105 Å². The normalized spacial score (nSPS) is 19.8. The summed E-state index contributed by atoms with van der Waals surface area (Å²) < 4.78 is 10.2. The number of pyridine rings is 2. The van der Waals surface area contributed by atoms with Gasteiger partial charge in [-0.1, -0.05) is 94.9 Å². The number of fused-ring (bicyclic) bond motifs is 4. The van der Waals surface area contributed by atoms with E-state index in [1.807, 2.05) is 41.4 Å². The van der Waals surface area contributed by atoms with Gasteiger partial charge in [-0.2, -0.15) is 0 Å². The minimum absolute atomic E-state index is 0.0467. The number of carbonyl (C=O) groups excluding carboxylic acids is 5. The maximum atomic E-state index is 14.2. The summed E-state index contributed by atoms with van der Waals surface area (Å²) in [6, 6.07) is 25.3. The van der Waals surface area contributed by atoms with Gasteiger partial charge in [-0.3, -0.25) is 58.3 Å². The quantitative estimate of drug-likeness (QED) is 0.0445. The number of ether oxygens (including phenoxy) is 1. The van der Waals surface area contributed by atoms with Crippen molar-refractivity contribution in [3.8, 4) is 22.3 Å². The molecule has 14 rings (SSSR count). The fourth-order valence-electron chi connectivity index (χ4n) is 16.5. The molecule has 2 aliphatic carbocycles. The van der Waals surface area contributed by atoms with Crippen LogP contribution in [0.15, 0.2) is 97.3 Å². The van der Waals surface area contributed by atoms with Crippen LogP contribution in [0.25, 0.3) is 22.3 Å². The molecule has 6 aliphatic rings. The van der Waals surface area contributed by atoms with Crippen molar-refractivity contribution < 1.29 is 38.6 Å². The summed E-state index contributed by atoms with van der Waals surface area (Å²) in [5.41, 5.74) is 12.0. The van der Waals surface area contributed by atoms with Crippen LogP contribution in [-0.2, 0) is 80.3 Å². The Labute approximate surface area is 643 Å². The number of amides is 4. The zero-order valence-corrected chi connectivity index (χ0v) is 64.1. The van der Waals surface area contributed by atoms with Crippen LogP contribution in [0.2, 0.25) is 20.1 Å². The maximum Gasteiger partial charge on any atom is 0.310 e. The highest BCUT2D eigenvalue weighted by Crippen LogP contribution is 2.44. The molecule has 0 spiro atoms. The average molecular weight is 1530 g/mol. The van der Waals surface area contributed by atoms with Crippen molar-refractivity contribution in [3.63, 3.8) is 0 Å². The number of nitrogens with one attached hydrogen (secondary N) is 4. The lowest BCUT2D eigenvalue weighted by Crippen LogP contribution is -2.47. The van der Waals surface area contributed by atoms with Crippen LogP contribution in [-0.4, -0.2) is 140 Å². The summed E-state index contributed by atoms with van der Waals surface area (Å²) in [6.45, 7) is 15.3. The van der Waals surface area contributed by atoms with Crippen LogP contribution in [0.4, 0.5) is 22.7 Å². The summed E-state index contributed by atoms with van der Waals surface area (Å²) in [5, 5.41) is 22.4. The highest BCUT2D eigenvalue weighted by Gasteiger charge is 2.38. The van der Waals surface area contributed by atoms with E-state index in [1.54, 1.807) is 79.1 Å². The Hall–Kier alpha value is -8.58. The van der Waals surface area contributed by atoms with Gasteiger partial charge in [0.1, 0.15) is 11.4 Å². The van der Waals surface area contributed by atoms with Gasteiger partial charge in [0.15, 0.2) is 17.9 Å². The number of anilines is 4. The first kappa shape index (κ1) is 75.2. The number of carboxylic acid groups (broad SMARTS) is 1. The van der Waals surface area contributed by atoms with Crippen molar-refractivity contribution in [2.45, 2.75) is 156 Å². The number of hydrogen-bond donors (Lipinski definition) is 5. The lowest BCUT2D eigenvalue weighted by molar-refractivity contribution is -0.169. The van der Waals surface area contributed by atoms with E-state index in [1.165, 1.54) is 0 Å². The summed E-state index contributed by atoms with van der Waals surface area (Å²) >= 11 is 28.3. The Bertz CT molecular complexity index is 4770. The van der Waals surface area contributed by atoms with Crippen LogP contribution in [0.3, 0.4) is 0 Å². The number of benzene rings is 4. The predicted octanol–water partition coefficient (Wildman–Crippen LogP) is 14.8. The Kier molecular flexibility index (Phi) is 22.7. The molecule has 5 N–H and O–H groups in total. The number of hydrogen-bond acceptors (Lipinski definition) is 15. The van der Waals surface area contributed by atoms with Gasteiger partial charge in [0.25, 0.3) is 23.6 Å². The Balaban J connectivity index is 0.552. The van der Waals surface area contributed by atoms with Crippen LogP contribution in [0.1, 0.15) is 173 Å². The summed E-state index contributed by atoms with van der Waals surface area (Å²) in [6.07, 6.45) is 13.1. The van der Waals surface area contributed by atoms with Gasteiger partial charge in [-0.25, -0.2) is 9.97 Å². The monoisotopic (exact) mass is 1530 g/mol. The molecule has 4 aromatic carbocycles. The number of aliphatic carboxylic acids is 1. The van der Waals surface area contributed by atoms with Crippen molar-refractivity contribution in [1.29, 1.82) is 0 Å². The molecule has 0 saturated heterocycles. The molecule has 560 valence electrons. The van der Waals surface area contributed by atoms with Gasteiger partial charge < -0.3 is 40.2 Å². The van der Waals surface area contributed by atoms with Gasteiger partial charge in [0, 0.05) is 144 Å². The van der Waals surface area contributed by atoms with E-state index < -0.39 is 29.9 Å². The first-order valence-corrected chi connectivity index (χ1v) is 38.8. The lowest BCUT2D eigenvalue weighted by atomic mass is 9.80. The van der Waals surface area contributed by atoms with E-state index in [-0.39, 0.29) is 62.2 Å². The van der Waals surface area contributed by atoms with Gasteiger partial charge in [0.2, 0.25) is 0 Å². The molecule has 8 aromatic rings. The third kappa shape index (κ3) is 16.3. The number of halogens is 4. The molecule has 4 aliphatic heterocycles. The number of aromatic nitrogens is 6. The van der Waals surface area contributed by atoms with E-state index in [9.17, 15) is 33.9 Å². The molecular weight excluding hydrogens is 1440 g/mol. The van der Waals surface area contributed by atoms with Crippen LogP contribution >= 0.6 is 46.4 Å². The number of nitrogens with zero attached hydrogens (tertiary/aromatic N) is 10. The second-order valence-corrected chi connectivity index (χ2v) is 31.7. The number of carboxylic acids is 1. The van der Waals surface area contributed by atoms with Gasteiger partial charge in [0.05, 0.1) is 66.1 Å². The molecule has 8 heterocycles. The maximum absolute atomic E-state index is 14.2. The molecule has 1 unspecified atom stereocenters. The van der Waals surface area contributed by atoms with E-state index in [0.717, 1.165) is 142 Å². The van der Waals surface area contributed by atoms with Gasteiger partial charge in [-0.15, -0.1) is 0 Å². The fraction of sp³-hybridized carbons (Fsp3) is 0.432. The molecule has 2 saturated carbocycles. The Morgan fingerprint density at radius 3 is 1.45 bits per heavy atom. The summed E-state index contributed by atoms with van der Waals surface area (Å²) in [4.78, 5) is 110. The molecular formula is C81H90Cl4N14O8. The predicted molar refractivity (Wildman–Crippen MR) is 415 cm³/mol. The third-order valence-electron chi connectivity index (χ3n) is 22.8. The molecule has 0 radical (unpaired) electrons. The number of esters is 1. The molecule has 4 amide bonds. The molecule has 1 atom stereocenters. The minimum Gasteiger partial charge on any atom is -0.481 e. The van der Waals surface area contributed by atoms with Gasteiger partial charge >= 0.3 is 11.9 Å². The topological polar surface area (TPSA) is 254 Å². The molecule has 4 aromatic heterocycles. The van der Waals surface area contributed by atoms with E-state index in [0.29, 0.717) is 119 Å². The summed E-state index contributed by atoms with van der Waals surface area (Å²) in [5.74, 6) is -1.62. The van der Waals surface area contributed by atoms with Crippen molar-refractivity contribution in [2.24, 2.45) is 37.8 Å². The van der Waals surface area contributed by atoms with Crippen LogP contribution in [0, 0.1) is 23.7 Å². The lowest BCUT2D eigenvalue weighted by Gasteiger charge is -2.39. The smallest absolute Gasteiger partial charge is 0.310 e. The SMILES string of the molecule is CC(C)N1CCc2cc(C(=O)Nc3cccc(-c4cccc(NC(=O)c5nc6c(n5C)CCN(CC5CCC(C(=O)OC7Cc8cc(C(=O)Nc9cccc(-c%10cccc(NC(=O)c%11nc%12c(n%11C)CCN(CCC%11CCC(C(=O)O)CC%11)C%12)c%10Cl)c9Cl)ncc8CN7C(C)C)CC5)C6)c4Cl)c3Cl)ncc2C1. The number of carbonyl (C=O) groups is 6. The average Bonchev–Trinajstić information content (AvgIpc) is 1.78. The van der Waals surface area contributed by atoms with Crippen LogP contribution in [0.5, 0.6) is 0 Å². The van der Waals surface area contributed by atoms with E-state index in [4.69, 9.17) is 61.1 Å². The zero-order valence-electron chi connectivity index (χ0n) is 61.1. The van der Waals surface area contributed by atoms with Crippen molar-refractivity contribution in [2.75, 3.05) is 54.0 Å². The Morgan fingerprint density at radius 1 is 0.514 bits per heavy atom. The minimum atomic E-state index is -0.688. The molecule has 26 heteroatoms. The highest BCUT2D eigenvalue weighted by atomic mass is 35.5. The van der Waals surface area contributed by atoms with Crippen molar-refractivity contribution in [3.05, 3.63) is 185 Å². The first-order valence-electron chi connectivity index (χ1n) is 37.3. The second-order valence-electron chi connectivity index (χ2n) is 30.2. The molecule has 107 heavy (non-hydrogen) atoms.